The van der Waals surface area contributed by atoms with Crippen LogP contribution in [0.15, 0.2) is 94.7 Å². The second-order valence-corrected chi connectivity index (χ2v) is 10.1. The fourth-order valence-corrected chi connectivity index (χ4v) is 5.21. The van der Waals surface area contributed by atoms with E-state index in [1.807, 2.05) is 0 Å². The van der Waals surface area contributed by atoms with Crippen LogP contribution < -0.4 is 15.0 Å². The summed E-state index contributed by atoms with van der Waals surface area (Å²) < 4.78 is 49.0. The van der Waals surface area contributed by atoms with Crippen LogP contribution in [0.25, 0.3) is 27.7 Å². The summed E-state index contributed by atoms with van der Waals surface area (Å²) in [5.74, 6) is -0.0409. The fourth-order valence-electron chi connectivity index (χ4n) is 3.95. The van der Waals surface area contributed by atoms with Gasteiger partial charge in [-0.05, 0) is 77.9 Å². The normalized spacial score (nSPS) is 11.4. The average Bonchev–Trinajstić information content (AvgIpc) is 2.88. The van der Waals surface area contributed by atoms with Crippen molar-refractivity contribution >= 4 is 38.3 Å². The minimum Gasteiger partial charge on any atom is -0.495 e. The number of sulfonamides is 1. The van der Waals surface area contributed by atoms with Gasteiger partial charge in [0.05, 0.1) is 23.2 Å². The molecule has 0 saturated heterocycles. The zero-order valence-electron chi connectivity index (χ0n) is 19.2. The maximum atomic E-state index is 13.9. The quantitative estimate of drug-likeness (QED) is 0.326. The van der Waals surface area contributed by atoms with Crippen molar-refractivity contribution in [2.24, 2.45) is 0 Å². The SMILES string of the molecule is COc1cc(-c2cc(F)cc(Cl)c2)ccc1-n1c(=O)ccc2cc(S(=O)(=O)Nc3cccnn3)ccc21. The van der Waals surface area contributed by atoms with Crippen LogP contribution in [0.2, 0.25) is 5.02 Å². The molecule has 2 aromatic heterocycles. The molecule has 0 radical (unpaired) electrons. The van der Waals surface area contributed by atoms with Crippen molar-refractivity contribution in [1.29, 1.82) is 0 Å². The van der Waals surface area contributed by atoms with Gasteiger partial charge in [-0.25, -0.2) is 12.8 Å². The molecule has 5 rings (SSSR count). The Morgan fingerprint density at radius 2 is 1.81 bits per heavy atom. The first-order chi connectivity index (χ1) is 17.7. The Hall–Kier alpha value is -4.28. The van der Waals surface area contributed by atoms with E-state index in [2.05, 4.69) is 14.9 Å². The molecule has 186 valence electrons. The molecule has 11 heteroatoms. The maximum Gasteiger partial charge on any atom is 0.263 e. The molecular formula is C26H18ClFN4O4S. The number of benzene rings is 3. The number of aromatic nitrogens is 3. The van der Waals surface area contributed by atoms with Crippen LogP contribution >= 0.6 is 11.6 Å². The van der Waals surface area contributed by atoms with Crippen LogP contribution in [-0.2, 0) is 10.0 Å². The Labute approximate surface area is 216 Å². The van der Waals surface area contributed by atoms with Gasteiger partial charge in [0.1, 0.15) is 11.6 Å². The van der Waals surface area contributed by atoms with Gasteiger partial charge in [-0.3, -0.25) is 14.1 Å². The van der Waals surface area contributed by atoms with Gasteiger partial charge in [0.2, 0.25) is 0 Å². The van der Waals surface area contributed by atoms with Crippen LogP contribution in [0, 0.1) is 5.82 Å². The first-order valence-electron chi connectivity index (χ1n) is 10.9. The van der Waals surface area contributed by atoms with Crippen molar-refractivity contribution < 1.29 is 17.5 Å². The highest BCUT2D eigenvalue weighted by molar-refractivity contribution is 7.92. The molecule has 0 spiro atoms. The third-order valence-corrected chi connectivity index (χ3v) is 7.17. The second kappa shape index (κ2) is 9.64. The number of nitrogens with one attached hydrogen (secondary N) is 1. The highest BCUT2D eigenvalue weighted by Crippen LogP contribution is 2.32. The predicted molar refractivity (Wildman–Crippen MR) is 139 cm³/mol. The van der Waals surface area contributed by atoms with Gasteiger partial charge in [0, 0.05) is 22.7 Å². The number of ether oxygens (including phenoxy) is 1. The molecule has 0 aliphatic rings. The molecule has 0 fully saturated rings. The number of nitrogens with zero attached hydrogens (tertiary/aromatic N) is 3. The summed E-state index contributed by atoms with van der Waals surface area (Å²) in [6.45, 7) is 0. The van der Waals surface area contributed by atoms with Crippen LogP contribution in [0.5, 0.6) is 5.75 Å². The summed E-state index contributed by atoms with van der Waals surface area (Å²) in [5.41, 5.74) is 1.73. The minimum atomic E-state index is -3.95. The standard InChI is InChI=1S/C26H18ClFN4O4S/c1-36-24-14-16(18-11-19(27)15-20(28)12-18)4-7-23(24)32-22-8-6-21(13-17(22)5-9-26(32)33)37(34,35)31-25-3-2-10-29-30-25/h2-15H,1H3,(H,30,31). The van der Waals surface area contributed by atoms with Crippen LogP contribution in [0.4, 0.5) is 10.2 Å². The lowest BCUT2D eigenvalue weighted by molar-refractivity contribution is 0.413. The van der Waals surface area contributed by atoms with Gasteiger partial charge in [0.15, 0.2) is 5.82 Å². The molecule has 37 heavy (non-hydrogen) atoms. The van der Waals surface area contributed by atoms with E-state index >= 15 is 0 Å². The summed E-state index contributed by atoms with van der Waals surface area (Å²) in [6.07, 6.45) is 1.43. The minimum absolute atomic E-state index is 0.0128. The highest BCUT2D eigenvalue weighted by Gasteiger charge is 2.18. The smallest absolute Gasteiger partial charge is 0.263 e. The number of pyridine rings is 1. The first kappa shape index (κ1) is 24.4. The zero-order chi connectivity index (χ0) is 26.2. The van der Waals surface area contributed by atoms with E-state index in [4.69, 9.17) is 16.3 Å². The second-order valence-electron chi connectivity index (χ2n) is 7.99. The van der Waals surface area contributed by atoms with Crippen LogP contribution in [0.1, 0.15) is 0 Å². The number of anilines is 1. The summed E-state index contributed by atoms with van der Waals surface area (Å²) in [7, 11) is -2.50. The van der Waals surface area contributed by atoms with E-state index in [0.29, 0.717) is 33.5 Å². The van der Waals surface area contributed by atoms with E-state index in [0.717, 1.165) is 0 Å². The van der Waals surface area contributed by atoms with Crippen molar-refractivity contribution in [3.8, 4) is 22.6 Å². The number of hydrogen-bond acceptors (Lipinski definition) is 6. The van der Waals surface area contributed by atoms with Gasteiger partial charge >= 0.3 is 0 Å². The Morgan fingerprint density at radius 1 is 0.973 bits per heavy atom. The van der Waals surface area contributed by atoms with E-state index in [1.54, 1.807) is 42.5 Å². The Balaban J connectivity index is 1.60. The summed E-state index contributed by atoms with van der Waals surface area (Å²) >= 11 is 6.01. The number of fused-ring (bicyclic) bond motifs is 1. The van der Waals surface area contributed by atoms with E-state index in [-0.39, 0.29) is 21.3 Å². The van der Waals surface area contributed by atoms with E-state index in [1.165, 1.54) is 54.3 Å². The van der Waals surface area contributed by atoms with Crippen molar-refractivity contribution in [2.45, 2.75) is 4.90 Å². The molecule has 8 nitrogen and oxygen atoms in total. The molecular weight excluding hydrogens is 519 g/mol. The lowest BCUT2D eigenvalue weighted by Crippen LogP contribution is -2.19. The third-order valence-electron chi connectivity index (χ3n) is 5.60. The number of halogens is 2. The lowest BCUT2D eigenvalue weighted by Gasteiger charge is -2.16. The van der Waals surface area contributed by atoms with Gasteiger partial charge in [-0.1, -0.05) is 17.7 Å². The highest BCUT2D eigenvalue weighted by atomic mass is 35.5. The average molecular weight is 537 g/mol. The van der Waals surface area contributed by atoms with Crippen LogP contribution in [-0.4, -0.2) is 30.3 Å². The van der Waals surface area contributed by atoms with Crippen LogP contribution in [0.3, 0.4) is 0 Å². The summed E-state index contributed by atoms with van der Waals surface area (Å²) in [4.78, 5) is 13.0. The Kier molecular flexibility index (Phi) is 6.36. The number of rotatable bonds is 6. The number of methoxy groups -OCH3 is 1. The molecule has 3 aromatic carbocycles. The third kappa shape index (κ3) is 4.89. The molecule has 0 amide bonds. The molecule has 0 bridgehead atoms. The molecule has 1 N–H and O–H groups in total. The molecule has 2 heterocycles. The molecule has 0 atom stereocenters. The predicted octanol–water partition coefficient (Wildman–Crippen LogP) is 5.05. The lowest BCUT2D eigenvalue weighted by atomic mass is 10.0. The molecule has 0 aliphatic carbocycles. The van der Waals surface area contributed by atoms with Crippen molar-refractivity contribution in [3.05, 3.63) is 106 Å². The zero-order valence-corrected chi connectivity index (χ0v) is 20.8. The monoisotopic (exact) mass is 536 g/mol. The largest absolute Gasteiger partial charge is 0.495 e. The summed E-state index contributed by atoms with van der Waals surface area (Å²) in [5, 5.41) is 8.17. The van der Waals surface area contributed by atoms with E-state index < -0.39 is 15.8 Å². The first-order valence-corrected chi connectivity index (χ1v) is 12.7. The molecule has 0 aliphatic heterocycles. The molecule has 0 saturated carbocycles. The topological polar surface area (TPSA) is 103 Å². The van der Waals surface area contributed by atoms with Crippen molar-refractivity contribution in [1.82, 2.24) is 14.8 Å². The molecule has 5 aromatic rings. The van der Waals surface area contributed by atoms with Crippen molar-refractivity contribution in [3.63, 3.8) is 0 Å². The maximum absolute atomic E-state index is 13.9. The van der Waals surface area contributed by atoms with Gasteiger partial charge in [0.25, 0.3) is 15.6 Å². The van der Waals surface area contributed by atoms with Gasteiger partial charge in [-0.2, -0.15) is 5.10 Å². The Morgan fingerprint density at radius 3 is 2.54 bits per heavy atom. The fraction of sp³-hybridized carbons (Fsp3) is 0.0385. The Bertz CT molecular complexity index is 1790. The van der Waals surface area contributed by atoms with Gasteiger partial charge in [-0.15, -0.1) is 5.10 Å². The van der Waals surface area contributed by atoms with Crippen molar-refractivity contribution in [2.75, 3.05) is 11.8 Å². The number of hydrogen-bond donors (Lipinski definition) is 1. The summed E-state index contributed by atoms with van der Waals surface area (Å²) in [6, 6.07) is 19.6. The molecule has 0 unspecified atom stereocenters. The van der Waals surface area contributed by atoms with Gasteiger partial charge < -0.3 is 4.74 Å². The van der Waals surface area contributed by atoms with E-state index in [9.17, 15) is 17.6 Å².